The minimum absolute atomic E-state index is 0.109. The van der Waals surface area contributed by atoms with Crippen LogP contribution in [0.4, 0.5) is 5.13 Å². The third-order valence-electron chi connectivity index (χ3n) is 3.57. The minimum atomic E-state index is -0.109. The number of carbonyl (C=O) groups is 1. The number of carbonyl (C=O) groups excluding carboxylic acids is 1. The van der Waals surface area contributed by atoms with E-state index in [0.29, 0.717) is 5.13 Å². The molecule has 0 saturated carbocycles. The average Bonchev–Trinajstić information content (AvgIpc) is 3.20. The highest BCUT2D eigenvalue weighted by Crippen LogP contribution is 2.26. The first-order valence-electron chi connectivity index (χ1n) is 7.99. The van der Waals surface area contributed by atoms with Crippen molar-refractivity contribution in [2.45, 2.75) is 32.0 Å². The van der Waals surface area contributed by atoms with Crippen LogP contribution in [0, 0.1) is 6.92 Å². The van der Waals surface area contributed by atoms with E-state index < -0.39 is 0 Å². The summed E-state index contributed by atoms with van der Waals surface area (Å²) < 4.78 is 3.04. The Kier molecular flexibility index (Phi) is 6.10. The number of rotatable bonds is 6. The molecule has 0 radical (unpaired) electrons. The summed E-state index contributed by atoms with van der Waals surface area (Å²) in [7, 11) is 0. The molecule has 6 nitrogen and oxygen atoms in total. The first-order valence-corrected chi connectivity index (χ1v) is 10.7. The lowest BCUT2D eigenvalue weighted by molar-refractivity contribution is -0.113. The fourth-order valence-corrected chi connectivity index (χ4v) is 4.33. The summed E-state index contributed by atoms with van der Waals surface area (Å²) in [6.45, 7) is 6.05. The fraction of sp³-hybridized carbons (Fsp3) is 0.294. The minimum Gasteiger partial charge on any atom is -0.304 e. The molecule has 0 bridgehead atoms. The molecular weight excluding hydrogens is 434 g/mol. The van der Waals surface area contributed by atoms with Gasteiger partial charge in [0, 0.05) is 21.5 Å². The molecule has 26 heavy (non-hydrogen) atoms. The SMILES string of the molecule is Cc1nnc(SCC(=O)Nc2nc(-c3ccc(Br)cc3)cs2)n1C(C)C. The topological polar surface area (TPSA) is 72.7 Å². The Bertz CT molecular complexity index is 904. The lowest BCUT2D eigenvalue weighted by atomic mass is 10.2. The first kappa shape index (κ1) is 19.1. The monoisotopic (exact) mass is 451 g/mol. The number of aryl methyl sites for hydroxylation is 1. The molecular formula is C17H18BrN5OS2. The molecule has 0 unspecified atom stereocenters. The maximum atomic E-state index is 12.2. The summed E-state index contributed by atoms with van der Waals surface area (Å²) in [5, 5.41) is 14.4. The van der Waals surface area contributed by atoms with E-state index in [1.165, 1.54) is 23.1 Å². The molecule has 9 heteroatoms. The van der Waals surface area contributed by atoms with E-state index in [-0.39, 0.29) is 17.7 Å². The van der Waals surface area contributed by atoms with Gasteiger partial charge >= 0.3 is 0 Å². The Hall–Kier alpha value is -1.71. The molecule has 0 fully saturated rings. The summed E-state index contributed by atoms with van der Waals surface area (Å²) in [6, 6.07) is 8.17. The number of benzene rings is 1. The molecule has 1 aromatic carbocycles. The van der Waals surface area contributed by atoms with Crippen LogP contribution < -0.4 is 5.32 Å². The predicted molar refractivity (Wildman–Crippen MR) is 110 cm³/mol. The number of nitrogens with one attached hydrogen (secondary N) is 1. The Morgan fingerprint density at radius 1 is 1.31 bits per heavy atom. The lowest BCUT2D eigenvalue weighted by Crippen LogP contribution is -2.15. The van der Waals surface area contributed by atoms with Gasteiger partial charge in [-0.05, 0) is 32.9 Å². The van der Waals surface area contributed by atoms with Gasteiger partial charge in [-0.15, -0.1) is 21.5 Å². The number of hydrogen-bond donors (Lipinski definition) is 1. The second kappa shape index (κ2) is 8.32. The van der Waals surface area contributed by atoms with Crippen molar-refractivity contribution in [2.75, 3.05) is 11.1 Å². The molecule has 3 rings (SSSR count). The Morgan fingerprint density at radius 2 is 2.04 bits per heavy atom. The Balaban J connectivity index is 1.60. The van der Waals surface area contributed by atoms with Crippen molar-refractivity contribution in [1.29, 1.82) is 0 Å². The van der Waals surface area contributed by atoms with Crippen LogP contribution >= 0.6 is 39.0 Å². The van der Waals surface area contributed by atoms with Crippen molar-refractivity contribution in [3.63, 3.8) is 0 Å². The van der Waals surface area contributed by atoms with Gasteiger partial charge in [-0.1, -0.05) is 39.8 Å². The van der Waals surface area contributed by atoms with E-state index in [0.717, 1.165) is 26.7 Å². The largest absolute Gasteiger partial charge is 0.304 e. The van der Waals surface area contributed by atoms with Gasteiger partial charge in [0.1, 0.15) is 5.82 Å². The number of hydrogen-bond acceptors (Lipinski definition) is 6. The van der Waals surface area contributed by atoms with Gasteiger partial charge in [-0.25, -0.2) is 4.98 Å². The van der Waals surface area contributed by atoms with Crippen molar-refractivity contribution in [3.05, 3.63) is 39.9 Å². The molecule has 1 N–H and O–H groups in total. The summed E-state index contributed by atoms with van der Waals surface area (Å²) in [4.78, 5) is 16.7. The number of aromatic nitrogens is 4. The highest BCUT2D eigenvalue weighted by atomic mass is 79.9. The second-order valence-corrected chi connectivity index (χ2v) is 8.59. The van der Waals surface area contributed by atoms with E-state index in [1.807, 2.05) is 41.1 Å². The third-order valence-corrected chi connectivity index (χ3v) is 5.80. The number of anilines is 1. The van der Waals surface area contributed by atoms with Crippen molar-refractivity contribution in [1.82, 2.24) is 19.7 Å². The maximum absolute atomic E-state index is 12.2. The molecule has 136 valence electrons. The zero-order valence-electron chi connectivity index (χ0n) is 14.6. The Morgan fingerprint density at radius 3 is 2.73 bits per heavy atom. The van der Waals surface area contributed by atoms with Crippen LogP contribution in [0.25, 0.3) is 11.3 Å². The maximum Gasteiger partial charge on any atom is 0.236 e. The van der Waals surface area contributed by atoms with Crippen molar-refractivity contribution < 1.29 is 4.79 Å². The van der Waals surface area contributed by atoms with E-state index in [1.54, 1.807) is 0 Å². The summed E-state index contributed by atoms with van der Waals surface area (Å²) in [5.41, 5.74) is 1.86. The van der Waals surface area contributed by atoms with Crippen LogP contribution in [0.2, 0.25) is 0 Å². The van der Waals surface area contributed by atoms with E-state index >= 15 is 0 Å². The van der Waals surface area contributed by atoms with E-state index in [2.05, 4.69) is 50.3 Å². The normalized spacial score (nSPS) is 11.1. The zero-order chi connectivity index (χ0) is 18.7. The standard InChI is InChI=1S/C17H18BrN5OS2/c1-10(2)23-11(3)21-22-17(23)26-9-15(24)20-16-19-14(8-25-16)12-4-6-13(18)7-5-12/h4-8,10H,9H2,1-3H3,(H,19,20,24). The number of amides is 1. The first-order chi connectivity index (χ1) is 12.4. The van der Waals surface area contributed by atoms with E-state index in [4.69, 9.17) is 0 Å². The number of thioether (sulfide) groups is 1. The fourth-order valence-electron chi connectivity index (χ4n) is 2.41. The number of halogens is 1. The van der Waals surface area contributed by atoms with Gasteiger partial charge in [0.15, 0.2) is 10.3 Å². The van der Waals surface area contributed by atoms with Crippen LogP contribution in [-0.4, -0.2) is 31.4 Å². The molecule has 0 saturated heterocycles. The average molecular weight is 452 g/mol. The summed E-state index contributed by atoms with van der Waals surface area (Å²) >= 11 is 6.21. The van der Waals surface area contributed by atoms with Gasteiger partial charge in [-0.3, -0.25) is 4.79 Å². The van der Waals surface area contributed by atoms with Crippen LogP contribution in [0.1, 0.15) is 25.7 Å². The second-order valence-electron chi connectivity index (χ2n) is 5.88. The highest BCUT2D eigenvalue weighted by Gasteiger charge is 2.14. The molecule has 2 heterocycles. The number of nitrogens with zero attached hydrogens (tertiary/aromatic N) is 4. The van der Waals surface area contributed by atoms with Crippen LogP contribution in [0.3, 0.4) is 0 Å². The summed E-state index contributed by atoms with van der Waals surface area (Å²) in [6.07, 6.45) is 0. The van der Waals surface area contributed by atoms with Crippen molar-refractivity contribution in [2.24, 2.45) is 0 Å². The summed E-state index contributed by atoms with van der Waals surface area (Å²) in [5.74, 6) is 1.00. The third kappa shape index (κ3) is 4.52. The molecule has 2 aromatic heterocycles. The molecule has 0 atom stereocenters. The smallest absolute Gasteiger partial charge is 0.236 e. The van der Waals surface area contributed by atoms with Crippen molar-refractivity contribution >= 4 is 50.1 Å². The van der Waals surface area contributed by atoms with Gasteiger partial charge in [0.25, 0.3) is 0 Å². The molecule has 0 aliphatic heterocycles. The quantitative estimate of drug-likeness (QED) is 0.545. The van der Waals surface area contributed by atoms with Crippen molar-refractivity contribution in [3.8, 4) is 11.3 Å². The van der Waals surface area contributed by atoms with Gasteiger partial charge < -0.3 is 9.88 Å². The zero-order valence-corrected chi connectivity index (χ0v) is 17.8. The molecule has 0 spiro atoms. The van der Waals surface area contributed by atoms with Gasteiger partial charge in [0.2, 0.25) is 5.91 Å². The van der Waals surface area contributed by atoms with Gasteiger partial charge in [-0.2, -0.15) is 0 Å². The van der Waals surface area contributed by atoms with E-state index in [9.17, 15) is 4.79 Å². The Labute approximate surface area is 168 Å². The van der Waals surface area contributed by atoms with Crippen LogP contribution in [-0.2, 0) is 4.79 Å². The highest BCUT2D eigenvalue weighted by molar-refractivity contribution is 9.10. The molecule has 0 aliphatic carbocycles. The lowest BCUT2D eigenvalue weighted by Gasteiger charge is -2.11. The molecule has 1 amide bonds. The van der Waals surface area contributed by atoms with Gasteiger partial charge in [0.05, 0.1) is 11.4 Å². The molecule has 3 aromatic rings. The van der Waals surface area contributed by atoms with Crippen LogP contribution in [0.15, 0.2) is 39.3 Å². The predicted octanol–water partition coefficient (Wildman–Crippen LogP) is 4.78. The number of thiazole rings is 1. The molecule has 0 aliphatic rings. The van der Waals surface area contributed by atoms with Crippen LogP contribution in [0.5, 0.6) is 0 Å².